The number of carbonyl (C=O) groups is 2. The van der Waals surface area contributed by atoms with Gasteiger partial charge in [-0.1, -0.05) is 0 Å². The molecule has 0 aromatic heterocycles. The molecule has 0 amide bonds. The number of carboxylic acid groups (broad SMARTS) is 1. The van der Waals surface area contributed by atoms with Gasteiger partial charge in [0.2, 0.25) is 0 Å². The lowest BCUT2D eigenvalue weighted by atomic mass is 9.80. The van der Waals surface area contributed by atoms with E-state index in [1.54, 1.807) is 0 Å². The van der Waals surface area contributed by atoms with Gasteiger partial charge in [0.15, 0.2) is 0 Å². The van der Waals surface area contributed by atoms with Crippen LogP contribution in [0.1, 0.15) is 25.7 Å². The van der Waals surface area contributed by atoms with E-state index >= 15 is 0 Å². The molecular weight excluding hydrogens is 156 g/mol. The largest absolute Gasteiger partial charge is 0.481 e. The molecule has 0 heterocycles. The zero-order valence-electron chi connectivity index (χ0n) is 6.82. The van der Waals surface area contributed by atoms with Crippen molar-refractivity contribution in [2.75, 3.05) is 0 Å². The second-order valence-electron chi connectivity index (χ2n) is 3.88. The highest BCUT2D eigenvalue weighted by Crippen LogP contribution is 2.41. The quantitative estimate of drug-likeness (QED) is 0.637. The van der Waals surface area contributed by atoms with Gasteiger partial charge in [-0.15, -0.1) is 0 Å². The van der Waals surface area contributed by atoms with Gasteiger partial charge < -0.3 is 5.11 Å². The van der Waals surface area contributed by atoms with Gasteiger partial charge in [0, 0.05) is 11.8 Å². The Bertz CT molecular complexity index is 218. The highest BCUT2D eigenvalue weighted by Gasteiger charge is 2.43. The average Bonchev–Trinajstić information content (AvgIpc) is 2.30. The number of fused-ring (bicyclic) bond motifs is 2. The molecule has 0 spiro atoms. The third-order valence-corrected chi connectivity index (χ3v) is 3.16. The minimum Gasteiger partial charge on any atom is -0.481 e. The first-order chi connectivity index (χ1) is 5.68. The highest BCUT2D eigenvalue weighted by molar-refractivity contribution is 5.88. The predicted octanol–water partition coefficient (Wildman–Crippen LogP) is 1.08. The Kier molecular flexibility index (Phi) is 1.67. The van der Waals surface area contributed by atoms with Crippen LogP contribution in [0.5, 0.6) is 0 Å². The molecule has 0 unspecified atom stereocenters. The van der Waals surface area contributed by atoms with E-state index in [9.17, 15) is 9.59 Å². The molecule has 0 aliphatic heterocycles. The minimum absolute atomic E-state index is 0.0739. The van der Waals surface area contributed by atoms with Crippen molar-refractivity contribution in [2.24, 2.45) is 17.8 Å². The third kappa shape index (κ3) is 1.04. The summed E-state index contributed by atoms with van der Waals surface area (Å²) >= 11 is 0. The van der Waals surface area contributed by atoms with Crippen molar-refractivity contribution in [3.05, 3.63) is 0 Å². The van der Waals surface area contributed by atoms with Gasteiger partial charge in [0.05, 0.1) is 5.92 Å². The van der Waals surface area contributed by atoms with E-state index in [0.29, 0.717) is 18.6 Å². The topological polar surface area (TPSA) is 54.4 Å². The van der Waals surface area contributed by atoms with Crippen LogP contribution in [-0.4, -0.2) is 16.9 Å². The number of hydrogen-bond acceptors (Lipinski definition) is 2. The van der Waals surface area contributed by atoms with E-state index in [1.165, 1.54) is 0 Å². The Morgan fingerprint density at radius 2 is 1.75 bits per heavy atom. The average molecular weight is 168 g/mol. The number of carbonyl (C=O) groups excluding carboxylic acids is 1. The van der Waals surface area contributed by atoms with Crippen LogP contribution in [0.15, 0.2) is 0 Å². The summed E-state index contributed by atoms with van der Waals surface area (Å²) in [4.78, 5) is 22.0. The summed E-state index contributed by atoms with van der Waals surface area (Å²) in [5, 5.41) is 8.78. The Morgan fingerprint density at radius 1 is 1.25 bits per heavy atom. The molecule has 12 heavy (non-hydrogen) atoms. The van der Waals surface area contributed by atoms with Gasteiger partial charge in [0.1, 0.15) is 5.78 Å². The monoisotopic (exact) mass is 168 g/mol. The van der Waals surface area contributed by atoms with Crippen molar-refractivity contribution in [1.29, 1.82) is 0 Å². The summed E-state index contributed by atoms with van der Waals surface area (Å²) in [5.41, 5.74) is 0. The molecule has 0 aromatic rings. The van der Waals surface area contributed by atoms with Crippen LogP contribution in [0.25, 0.3) is 0 Å². The van der Waals surface area contributed by atoms with E-state index in [0.717, 1.165) is 12.8 Å². The van der Waals surface area contributed by atoms with Crippen LogP contribution in [0.2, 0.25) is 0 Å². The molecular formula is C9H12O3. The molecule has 0 aromatic carbocycles. The Hall–Kier alpha value is -0.860. The van der Waals surface area contributed by atoms with Crippen molar-refractivity contribution < 1.29 is 14.7 Å². The summed E-state index contributed by atoms with van der Waals surface area (Å²) in [7, 11) is 0. The summed E-state index contributed by atoms with van der Waals surface area (Å²) in [6.45, 7) is 0. The van der Waals surface area contributed by atoms with Crippen molar-refractivity contribution in [2.45, 2.75) is 25.7 Å². The molecule has 3 heteroatoms. The van der Waals surface area contributed by atoms with Crippen LogP contribution in [-0.2, 0) is 9.59 Å². The standard InChI is InChI=1S/C9H12O3/c10-8-5-1-2-6(8)4-7(3-5)9(11)12/h5-7H,1-4H2,(H,11,12)/t5-,6-/m0/s1. The van der Waals surface area contributed by atoms with Gasteiger partial charge >= 0.3 is 5.97 Å². The Balaban J connectivity index is 2.12. The van der Waals surface area contributed by atoms with Gasteiger partial charge in [0.25, 0.3) is 0 Å². The molecule has 2 rings (SSSR count). The molecule has 0 saturated heterocycles. The van der Waals surface area contributed by atoms with Gasteiger partial charge in [-0.25, -0.2) is 0 Å². The molecule has 1 N–H and O–H groups in total. The van der Waals surface area contributed by atoms with E-state index in [-0.39, 0.29) is 17.8 Å². The Labute approximate surface area is 70.8 Å². The molecule has 2 fully saturated rings. The summed E-state index contributed by atoms with van der Waals surface area (Å²) in [5.74, 6) is -0.498. The first-order valence-electron chi connectivity index (χ1n) is 4.45. The smallest absolute Gasteiger partial charge is 0.306 e. The second-order valence-corrected chi connectivity index (χ2v) is 3.88. The van der Waals surface area contributed by atoms with Gasteiger partial charge in [-0.3, -0.25) is 9.59 Å². The van der Waals surface area contributed by atoms with E-state index < -0.39 is 5.97 Å². The number of Topliss-reactive ketones (excluding diaryl/α,β-unsaturated/α-hetero) is 1. The SMILES string of the molecule is O=C(O)C1C[C@@H]2CC[C@@H](C1)C2=O. The van der Waals surface area contributed by atoms with Crippen LogP contribution in [0.4, 0.5) is 0 Å². The van der Waals surface area contributed by atoms with Crippen molar-refractivity contribution in [3.63, 3.8) is 0 Å². The zero-order chi connectivity index (χ0) is 8.72. The minimum atomic E-state index is -0.723. The summed E-state index contributed by atoms with van der Waals surface area (Å²) in [6.07, 6.45) is 3.02. The number of aliphatic carboxylic acids is 1. The lowest BCUT2D eigenvalue weighted by molar-refractivity contribution is -0.145. The first kappa shape index (κ1) is 7.77. The van der Waals surface area contributed by atoms with Crippen molar-refractivity contribution in [1.82, 2.24) is 0 Å². The fourth-order valence-electron chi connectivity index (χ4n) is 2.47. The molecule has 2 aliphatic rings. The van der Waals surface area contributed by atoms with Crippen LogP contribution < -0.4 is 0 Å². The summed E-state index contributed by atoms with van der Waals surface area (Å²) in [6, 6.07) is 0. The van der Waals surface area contributed by atoms with Crippen molar-refractivity contribution >= 4 is 11.8 Å². The highest BCUT2D eigenvalue weighted by atomic mass is 16.4. The molecule has 2 atom stereocenters. The Morgan fingerprint density at radius 3 is 2.17 bits per heavy atom. The second kappa shape index (κ2) is 2.57. The maximum atomic E-state index is 11.4. The van der Waals surface area contributed by atoms with E-state index in [4.69, 9.17) is 5.11 Å². The van der Waals surface area contributed by atoms with E-state index in [1.807, 2.05) is 0 Å². The molecule has 66 valence electrons. The van der Waals surface area contributed by atoms with Crippen LogP contribution >= 0.6 is 0 Å². The number of ketones is 1. The molecule has 3 nitrogen and oxygen atoms in total. The van der Waals surface area contributed by atoms with Crippen LogP contribution in [0, 0.1) is 17.8 Å². The zero-order valence-corrected chi connectivity index (χ0v) is 6.82. The van der Waals surface area contributed by atoms with Gasteiger partial charge in [-0.05, 0) is 25.7 Å². The summed E-state index contributed by atoms with van der Waals surface area (Å²) < 4.78 is 0. The van der Waals surface area contributed by atoms with Gasteiger partial charge in [-0.2, -0.15) is 0 Å². The maximum Gasteiger partial charge on any atom is 0.306 e. The van der Waals surface area contributed by atoms with E-state index in [2.05, 4.69) is 0 Å². The fourth-order valence-corrected chi connectivity index (χ4v) is 2.47. The molecule has 2 aliphatic carbocycles. The predicted molar refractivity (Wildman–Crippen MR) is 41.6 cm³/mol. The molecule has 2 bridgehead atoms. The molecule has 2 saturated carbocycles. The van der Waals surface area contributed by atoms with Crippen molar-refractivity contribution in [3.8, 4) is 0 Å². The fraction of sp³-hybridized carbons (Fsp3) is 0.778. The number of carboxylic acids is 1. The maximum absolute atomic E-state index is 11.4. The first-order valence-corrected chi connectivity index (χ1v) is 4.45. The van der Waals surface area contributed by atoms with Crippen LogP contribution in [0.3, 0.4) is 0 Å². The number of hydrogen-bond donors (Lipinski definition) is 1. The normalized spacial score (nSPS) is 40.0. The third-order valence-electron chi connectivity index (χ3n) is 3.16. The molecule has 0 radical (unpaired) electrons. The lowest BCUT2D eigenvalue weighted by Gasteiger charge is -2.23. The lowest BCUT2D eigenvalue weighted by Crippen LogP contribution is -2.30. The number of rotatable bonds is 1.